The molecule has 0 saturated heterocycles. The number of nitrogens with zero attached hydrogens (tertiary/aromatic N) is 1. The molecule has 1 aromatic heterocycles. The highest BCUT2D eigenvalue weighted by molar-refractivity contribution is 7.09. The number of benzene rings is 1. The molecule has 0 aliphatic heterocycles. The van der Waals surface area contributed by atoms with Gasteiger partial charge in [0, 0.05) is 17.5 Å². The lowest BCUT2D eigenvalue weighted by Gasteiger charge is -2.29. The SMILES string of the molecule is CCC(C)C(C)(O)CNC(=O)Cc1ccc(-c2csc(C)n2)cc1. The molecule has 4 nitrogen and oxygen atoms in total. The van der Waals surface area contributed by atoms with Gasteiger partial charge in [-0.2, -0.15) is 0 Å². The van der Waals surface area contributed by atoms with Gasteiger partial charge in [0.1, 0.15) is 0 Å². The zero-order valence-electron chi connectivity index (χ0n) is 14.8. The minimum absolute atomic E-state index is 0.0733. The van der Waals surface area contributed by atoms with Crippen LogP contribution >= 0.6 is 11.3 Å². The van der Waals surface area contributed by atoms with Gasteiger partial charge in [0.2, 0.25) is 5.91 Å². The lowest BCUT2D eigenvalue weighted by atomic mass is 9.88. The van der Waals surface area contributed by atoms with Gasteiger partial charge >= 0.3 is 0 Å². The highest BCUT2D eigenvalue weighted by atomic mass is 32.1. The van der Waals surface area contributed by atoms with E-state index in [-0.39, 0.29) is 18.4 Å². The van der Waals surface area contributed by atoms with Crippen LogP contribution in [0.15, 0.2) is 29.6 Å². The number of amides is 1. The topological polar surface area (TPSA) is 62.2 Å². The fraction of sp³-hybridized carbons (Fsp3) is 0.474. The van der Waals surface area contributed by atoms with Crippen LogP contribution in [-0.4, -0.2) is 28.1 Å². The first kappa shape index (κ1) is 18.6. The summed E-state index contributed by atoms with van der Waals surface area (Å²) >= 11 is 1.63. The predicted octanol–water partition coefficient (Wildman–Crippen LogP) is 3.57. The molecule has 2 rings (SSSR count). The normalized spacial score (nSPS) is 14.9. The van der Waals surface area contributed by atoms with E-state index in [2.05, 4.69) is 10.3 Å². The highest BCUT2D eigenvalue weighted by Crippen LogP contribution is 2.22. The third kappa shape index (κ3) is 4.89. The van der Waals surface area contributed by atoms with E-state index in [9.17, 15) is 9.90 Å². The molecule has 0 aliphatic rings. The van der Waals surface area contributed by atoms with Crippen LogP contribution in [0.25, 0.3) is 11.3 Å². The smallest absolute Gasteiger partial charge is 0.224 e. The summed E-state index contributed by atoms with van der Waals surface area (Å²) in [7, 11) is 0. The average Bonchev–Trinajstić information content (AvgIpc) is 2.99. The van der Waals surface area contributed by atoms with Gasteiger partial charge in [-0.15, -0.1) is 11.3 Å². The number of hydrogen-bond acceptors (Lipinski definition) is 4. The Labute approximate surface area is 148 Å². The standard InChI is InChI=1S/C19H26N2O2S/c1-5-13(2)19(4,23)12-20-18(22)10-15-6-8-16(9-7-15)17-11-24-14(3)21-17/h6-9,11,13,23H,5,10,12H2,1-4H3,(H,20,22). The highest BCUT2D eigenvalue weighted by Gasteiger charge is 2.27. The number of rotatable bonds is 7. The zero-order chi connectivity index (χ0) is 17.7. The molecule has 130 valence electrons. The summed E-state index contributed by atoms with van der Waals surface area (Å²) in [6, 6.07) is 7.89. The molecule has 0 fully saturated rings. The van der Waals surface area contributed by atoms with Crippen LogP contribution in [0.2, 0.25) is 0 Å². The quantitative estimate of drug-likeness (QED) is 0.805. The molecule has 1 aromatic carbocycles. The lowest BCUT2D eigenvalue weighted by Crippen LogP contribution is -2.45. The first-order chi connectivity index (χ1) is 11.3. The molecule has 2 N–H and O–H groups in total. The van der Waals surface area contributed by atoms with Crippen molar-refractivity contribution in [1.82, 2.24) is 10.3 Å². The molecular formula is C19H26N2O2S. The second kappa shape index (κ2) is 7.90. The average molecular weight is 346 g/mol. The Kier molecular flexibility index (Phi) is 6.13. The molecule has 0 aliphatic carbocycles. The van der Waals surface area contributed by atoms with Gasteiger partial charge in [-0.3, -0.25) is 4.79 Å². The molecule has 5 heteroatoms. The maximum Gasteiger partial charge on any atom is 0.224 e. The van der Waals surface area contributed by atoms with E-state index in [1.165, 1.54) is 0 Å². The van der Waals surface area contributed by atoms with E-state index in [0.29, 0.717) is 6.42 Å². The largest absolute Gasteiger partial charge is 0.388 e. The number of aliphatic hydroxyl groups is 1. The van der Waals surface area contributed by atoms with E-state index in [4.69, 9.17) is 0 Å². The van der Waals surface area contributed by atoms with Gasteiger partial charge < -0.3 is 10.4 Å². The van der Waals surface area contributed by atoms with Crippen molar-refractivity contribution in [3.63, 3.8) is 0 Å². The van der Waals surface area contributed by atoms with Crippen molar-refractivity contribution >= 4 is 17.2 Å². The molecule has 1 amide bonds. The number of carbonyl (C=O) groups excluding carboxylic acids is 1. The minimum Gasteiger partial charge on any atom is -0.388 e. The van der Waals surface area contributed by atoms with Crippen LogP contribution in [0.1, 0.15) is 37.8 Å². The second-order valence-electron chi connectivity index (χ2n) is 6.57. The van der Waals surface area contributed by atoms with Crippen LogP contribution in [0.5, 0.6) is 0 Å². The van der Waals surface area contributed by atoms with Crippen LogP contribution in [0.4, 0.5) is 0 Å². The van der Waals surface area contributed by atoms with Gasteiger partial charge in [-0.05, 0) is 25.3 Å². The van der Waals surface area contributed by atoms with Crippen molar-refractivity contribution in [3.05, 3.63) is 40.2 Å². The maximum atomic E-state index is 12.1. The fourth-order valence-electron chi connectivity index (χ4n) is 2.43. The van der Waals surface area contributed by atoms with E-state index in [0.717, 1.165) is 28.2 Å². The summed E-state index contributed by atoms with van der Waals surface area (Å²) in [5, 5.41) is 16.3. The lowest BCUT2D eigenvalue weighted by molar-refractivity contribution is -0.122. The number of carbonyl (C=O) groups is 1. The molecule has 2 unspecified atom stereocenters. The number of thiazole rings is 1. The third-order valence-corrected chi connectivity index (χ3v) is 5.32. The Hall–Kier alpha value is -1.72. The molecule has 0 saturated carbocycles. The van der Waals surface area contributed by atoms with Crippen molar-refractivity contribution in [3.8, 4) is 11.3 Å². The number of hydrogen-bond donors (Lipinski definition) is 2. The maximum absolute atomic E-state index is 12.1. The Bertz CT molecular complexity index is 677. The van der Waals surface area contributed by atoms with Crippen molar-refractivity contribution in [2.45, 2.75) is 46.1 Å². The molecule has 24 heavy (non-hydrogen) atoms. The van der Waals surface area contributed by atoms with Gasteiger partial charge in [-0.25, -0.2) is 4.98 Å². The molecular weight excluding hydrogens is 320 g/mol. The van der Waals surface area contributed by atoms with Gasteiger partial charge in [0.15, 0.2) is 0 Å². The van der Waals surface area contributed by atoms with Crippen molar-refractivity contribution in [2.75, 3.05) is 6.54 Å². The van der Waals surface area contributed by atoms with Crippen molar-refractivity contribution in [1.29, 1.82) is 0 Å². The van der Waals surface area contributed by atoms with Crippen molar-refractivity contribution < 1.29 is 9.90 Å². The molecule has 0 radical (unpaired) electrons. The zero-order valence-corrected chi connectivity index (χ0v) is 15.6. The number of aromatic nitrogens is 1. The predicted molar refractivity (Wildman–Crippen MR) is 99.1 cm³/mol. The first-order valence-corrected chi connectivity index (χ1v) is 9.20. The van der Waals surface area contributed by atoms with Crippen LogP contribution in [0.3, 0.4) is 0 Å². The van der Waals surface area contributed by atoms with E-state index in [1.54, 1.807) is 18.3 Å². The summed E-state index contributed by atoms with van der Waals surface area (Å²) in [5.41, 5.74) is 2.10. The van der Waals surface area contributed by atoms with E-state index in [1.807, 2.05) is 50.4 Å². The summed E-state index contributed by atoms with van der Waals surface area (Å²) in [5.74, 6) is 0.0643. The summed E-state index contributed by atoms with van der Waals surface area (Å²) < 4.78 is 0. The molecule has 0 bridgehead atoms. The molecule has 1 heterocycles. The van der Waals surface area contributed by atoms with Crippen LogP contribution in [-0.2, 0) is 11.2 Å². The monoisotopic (exact) mass is 346 g/mol. The van der Waals surface area contributed by atoms with Crippen LogP contribution in [0, 0.1) is 12.8 Å². The Morgan fingerprint density at radius 3 is 2.58 bits per heavy atom. The summed E-state index contributed by atoms with van der Waals surface area (Å²) in [6.07, 6.45) is 1.19. The van der Waals surface area contributed by atoms with Gasteiger partial charge in [0.05, 0.1) is 22.7 Å². The number of nitrogens with one attached hydrogen (secondary N) is 1. The second-order valence-corrected chi connectivity index (χ2v) is 7.63. The molecule has 0 spiro atoms. The van der Waals surface area contributed by atoms with Gasteiger partial charge in [-0.1, -0.05) is 44.5 Å². The fourth-order valence-corrected chi connectivity index (χ4v) is 3.05. The Balaban J connectivity index is 1.90. The van der Waals surface area contributed by atoms with Crippen molar-refractivity contribution in [2.24, 2.45) is 5.92 Å². The van der Waals surface area contributed by atoms with E-state index >= 15 is 0 Å². The van der Waals surface area contributed by atoms with E-state index < -0.39 is 5.60 Å². The first-order valence-electron chi connectivity index (χ1n) is 8.32. The Morgan fingerprint density at radius 1 is 1.38 bits per heavy atom. The summed E-state index contributed by atoms with van der Waals surface area (Å²) in [6.45, 7) is 8.06. The number of aryl methyl sites for hydroxylation is 1. The van der Waals surface area contributed by atoms with Gasteiger partial charge in [0.25, 0.3) is 0 Å². The molecule has 2 aromatic rings. The summed E-state index contributed by atoms with van der Waals surface area (Å²) in [4.78, 5) is 16.6. The third-order valence-electron chi connectivity index (χ3n) is 4.55. The minimum atomic E-state index is -0.878. The molecule has 2 atom stereocenters. The van der Waals surface area contributed by atoms with Crippen LogP contribution < -0.4 is 5.32 Å². The Morgan fingerprint density at radius 2 is 2.04 bits per heavy atom.